The summed E-state index contributed by atoms with van der Waals surface area (Å²) in [6, 6.07) is 15.7. The third-order valence-electron chi connectivity index (χ3n) is 4.22. The van der Waals surface area contributed by atoms with Crippen LogP contribution in [0.5, 0.6) is 0 Å². The van der Waals surface area contributed by atoms with Crippen molar-refractivity contribution in [2.75, 3.05) is 0 Å². The molecule has 0 spiro atoms. The zero-order chi connectivity index (χ0) is 13.1. The fourth-order valence-electron chi connectivity index (χ4n) is 3.09. The molecule has 0 heterocycles. The van der Waals surface area contributed by atoms with Crippen LogP contribution in [-0.4, -0.2) is 11.1 Å². The number of hydrogen-bond acceptors (Lipinski definition) is 2. The Morgan fingerprint density at radius 1 is 0.947 bits per heavy atom. The molecule has 0 aromatic heterocycles. The van der Waals surface area contributed by atoms with Crippen molar-refractivity contribution in [1.29, 1.82) is 0 Å². The van der Waals surface area contributed by atoms with E-state index in [1.807, 2.05) is 5.01 Å². The lowest BCUT2D eigenvalue weighted by Crippen LogP contribution is -2.41. The van der Waals surface area contributed by atoms with Gasteiger partial charge >= 0.3 is 0 Å². The van der Waals surface area contributed by atoms with Crippen LogP contribution in [0.3, 0.4) is 0 Å². The van der Waals surface area contributed by atoms with Crippen LogP contribution in [0, 0.1) is 0 Å². The lowest BCUT2D eigenvalue weighted by molar-refractivity contribution is 0.150. The molecule has 100 valence electrons. The van der Waals surface area contributed by atoms with Gasteiger partial charge in [0.05, 0.1) is 0 Å². The van der Waals surface area contributed by atoms with Crippen LogP contribution in [0.4, 0.5) is 0 Å². The fraction of sp³-hybridized carbons (Fsp3) is 0.412. The van der Waals surface area contributed by atoms with E-state index in [1.165, 1.54) is 48.4 Å². The van der Waals surface area contributed by atoms with Gasteiger partial charge in [0.1, 0.15) is 0 Å². The molecule has 2 nitrogen and oxygen atoms in total. The normalized spacial score (nSPS) is 17.2. The zero-order valence-corrected chi connectivity index (χ0v) is 11.4. The monoisotopic (exact) mass is 254 g/mol. The standard InChI is InChI=1S/C17H22N2/c18-19(17-8-2-1-3-9-17)13-14-10-11-15-6-4-5-7-16(15)12-14/h4-7,10-12,17H,1-3,8-9,13,18H2. The molecular weight excluding hydrogens is 232 g/mol. The molecule has 0 bridgehead atoms. The highest BCUT2D eigenvalue weighted by atomic mass is 15.4. The van der Waals surface area contributed by atoms with Crippen molar-refractivity contribution >= 4 is 10.8 Å². The summed E-state index contributed by atoms with van der Waals surface area (Å²) >= 11 is 0. The van der Waals surface area contributed by atoms with Gasteiger partial charge in [-0.3, -0.25) is 5.84 Å². The van der Waals surface area contributed by atoms with Crippen LogP contribution < -0.4 is 5.84 Å². The molecule has 2 aromatic rings. The Hall–Kier alpha value is -1.38. The molecule has 2 aromatic carbocycles. The van der Waals surface area contributed by atoms with Gasteiger partial charge in [-0.2, -0.15) is 0 Å². The number of benzene rings is 2. The highest BCUT2D eigenvalue weighted by Crippen LogP contribution is 2.23. The van der Waals surface area contributed by atoms with Crippen LogP contribution in [0.15, 0.2) is 42.5 Å². The largest absolute Gasteiger partial charge is 0.268 e. The van der Waals surface area contributed by atoms with Gasteiger partial charge in [-0.1, -0.05) is 55.7 Å². The number of hydrogen-bond donors (Lipinski definition) is 1. The highest BCUT2D eigenvalue weighted by molar-refractivity contribution is 5.82. The zero-order valence-electron chi connectivity index (χ0n) is 11.4. The van der Waals surface area contributed by atoms with Crippen molar-refractivity contribution in [2.45, 2.75) is 44.7 Å². The van der Waals surface area contributed by atoms with E-state index in [0.717, 1.165) is 6.54 Å². The molecule has 0 aliphatic heterocycles. The van der Waals surface area contributed by atoms with Crippen molar-refractivity contribution in [3.8, 4) is 0 Å². The van der Waals surface area contributed by atoms with Crippen molar-refractivity contribution in [1.82, 2.24) is 5.01 Å². The number of fused-ring (bicyclic) bond motifs is 1. The van der Waals surface area contributed by atoms with Crippen LogP contribution in [0.1, 0.15) is 37.7 Å². The maximum absolute atomic E-state index is 6.26. The predicted octanol–water partition coefficient (Wildman–Crippen LogP) is 3.85. The van der Waals surface area contributed by atoms with E-state index in [9.17, 15) is 0 Å². The number of nitrogens with zero attached hydrogens (tertiary/aromatic N) is 1. The molecule has 2 N–H and O–H groups in total. The Bertz CT molecular complexity index is 544. The quantitative estimate of drug-likeness (QED) is 0.666. The molecule has 1 fully saturated rings. The average molecular weight is 254 g/mol. The Morgan fingerprint density at radius 3 is 2.47 bits per heavy atom. The molecule has 1 saturated carbocycles. The molecule has 3 rings (SSSR count). The summed E-state index contributed by atoms with van der Waals surface area (Å²) < 4.78 is 0. The molecule has 1 aliphatic rings. The van der Waals surface area contributed by atoms with Crippen LogP contribution in [-0.2, 0) is 6.54 Å². The van der Waals surface area contributed by atoms with Crippen LogP contribution in [0.25, 0.3) is 10.8 Å². The van der Waals surface area contributed by atoms with Gasteiger partial charge in [-0.15, -0.1) is 0 Å². The molecule has 0 amide bonds. The first kappa shape index (κ1) is 12.6. The van der Waals surface area contributed by atoms with E-state index in [2.05, 4.69) is 42.5 Å². The summed E-state index contributed by atoms with van der Waals surface area (Å²) in [4.78, 5) is 0. The van der Waals surface area contributed by atoms with E-state index in [0.29, 0.717) is 6.04 Å². The number of rotatable bonds is 3. The lowest BCUT2D eigenvalue weighted by Gasteiger charge is -2.30. The van der Waals surface area contributed by atoms with Crippen molar-refractivity contribution in [3.63, 3.8) is 0 Å². The third kappa shape index (κ3) is 2.96. The van der Waals surface area contributed by atoms with E-state index in [1.54, 1.807) is 0 Å². The topological polar surface area (TPSA) is 29.3 Å². The maximum atomic E-state index is 6.26. The molecule has 2 heteroatoms. The summed E-state index contributed by atoms with van der Waals surface area (Å²) in [7, 11) is 0. The molecule has 0 unspecified atom stereocenters. The van der Waals surface area contributed by atoms with Crippen LogP contribution in [0.2, 0.25) is 0 Å². The predicted molar refractivity (Wildman–Crippen MR) is 80.6 cm³/mol. The fourth-order valence-corrected chi connectivity index (χ4v) is 3.09. The van der Waals surface area contributed by atoms with Gasteiger partial charge in [0, 0.05) is 12.6 Å². The first-order valence-electron chi connectivity index (χ1n) is 7.32. The van der Waals surface area contributed by atoms with Gasteiger partial charge < -0.3 is 0 Å². The summed E-state index contributed by atoms with van der Waals surface area (Å²) in [6.45, 7) is 0.857. The first-order chi connectivity index (χ1) is 9.33. The van der Waals surface area contributed by atoms with E-state index < -0.39 is 0 Å². The summed E-state index contributed by atoms with van der Waals surface area (Å²) in [6.07, 6.45) is 6.54. The minimum Gasteiger partial charge on any atom is -0.268 e. The van der Waals surface area contributed by atoms with Gasteiger partial charge in [0.25, 0.3) is 0 Å². The smallest absolute Gasteiger partial charge is 0.0382 e. The Balaban J connectivity index is 1.73. The van der Waals surface area contributed by atoms with E-state index in [-0.39, 0.29) is 0 Å². The molecular formula is C17H22N2. The van der Waals surface area contributed by atoms with E-state index >= 15 is 0 Å². The minimum absolute atomic E-state index is 0.570. The molecule has 0 atom stereocenters. The summed E-state index contributed by atoms with van der Waals surface area (Å²) in [5, 5.41) is 4.65. The Kier molecular flexibility index (Phi) is 3.81. The third-order valence-corrected chi connectivity index (χ3v) is 4.22. The second kappa shape index (κ2) is 5.72. The summed E-state index contributed by atoms with van der Waals surface area (Å²) in [5.74, 6) is 6.26. The maximum Gasteiger partial charge on any atom is 0.0382 e. The Labute approximate surface area is 115 Å². The van der Waals surface area contributed by atoms with Gasteiger partial charge in [0.15, 0.2) is 0 Å². The number of nitrogens with two attached hydrogens (primary N) is 1. The summed E-state index contributed by atoms with van der Waals surface area (Å²) in [5.41, 5.74) is 1.31. The second-order valence-electron chi connectivity index (χ2n) is 5.65. The van der Waals surface area contributed by atoms with Gasteiger partial charge in [0.2, 0.25) is 0 Å². The first-order valence-corrected chi connectivity index (χ1v) is 7.32. The molecule has 0 saturated heterocycles. The van der Waals surface area contributed by atoms with Crippen molar-refractivity contribution in [3.05, 3.63) is 48.0 Å². The second-order valence-corrected chi connectivity index (χ2v) is 5.65. The molecule has 0 radical (unpaired) electrons. The van der Waals surface area contributed by atoms with Crippen molar-refractivity contribution < 1.29 is 0 Å². The van der Waals surface area contributed by atoms with Crippen LogP contribution >= 0.6 is 0 Å². The van der Waals surface area contributed by atoms with Gasteiger partial charge in [-0.25, -0.2) is 5.01 Å². The molecule has 19 heavy (non-hydrogen) atoms. The SMILES string of the molecule is NN(Cc1ccc2ccccc2c1)C1CCCCC1. The lowest BCUT2D eigenvalue weighted by atomic mass is 9.95. The van der Waals surface area contributed by atoms with E-state index in [4.69, 9.17) is 5.84 Å². The van der Waals surface area contributed by atoms with Crippen molar-refractivity contribution in [2.24, 2.45) is 5.84 Å². The number of hydrazine groups is 1. The average Bonchev–Trinajstić information content (AvgIpc) is 2.48. The molecule has 1 aliphatic carbocycles. The highest BCUT2D eigenvalue weighted by Gasteiger charge is 2.18. The van der Waals surface area contributed by atoms with Gasteiger partial charge in [-0.05, 0) is 35.2 Å². The Morgan fingerprint density at radius 2 is 1.68 bits per heavy atom. The minimum atomic E-state index is 0.570.